The number of thioether (sulfide) groups is 1. The van der Waals surface area contributed by atoms with Gasteiger partial charge in [0.2, 0.25) is 0 Å². The van der Waals surface area contributed by atoms with Gasteiger partial charge in [-0.3, -0.25) is 4.79 Å². The predicted octanol–water partition coefficient (Wildman–Crippen LogP) is 1.99. The number of esters is 1. The van der Waals surface area contributed by atoms with Crippen LogP contribution in [0.2, 0.25) is 0 Å². The zero-order valence-electron chi connectivity index (χ0n) is 10.7. The lowest BCUT2D eigenvalue weighted by atomic mass is 10.1. The first-order valence-corrected chi connectivity index (χ1v) is 6.95. The number of rotatable bonds is 7. The van der Waals surface area contributed by atoms with Crippen LogP contribution in [0.1, 0.15) is 18.5 Å². The second kappa shape index (κ2) is 8.00. The van der Waals surface area contributed by atoms with E-state index >= 15 is 0 Å². The predicted molar refractivity (Wildman–Crippen MR) is 73.9 cm³/mol. The van der Waals surface area contributed by atoms with Crippen molar-refractivity contribution in [2.75, 3.05) is 25.2 Å². The molecule has 0 saturated carbocycles. The molecule has 5 heteroatoms. The molecule has 100 valence electrons. The maximum absolute atomic E-state index is 11.1. The minimum atomic E-state index is -0.190. The van der Waals surface area contributed by atoms with Crippen molar-refractivity contribution in [2.24, 2.45) is 5.73 Å². The molecule has 4 nitrogen and oxygen atoms in total. The summed E-state index contributed by atoms with van der Waals surface area (Å²) in [4.78, 5) is 11.1. The van der Waals surface area contributed by atoms with Crippen molar-refractivity contribution in [3.05, 3.63) is 29.8 Å². The van der Waals surface area contributed by atoms with E-state index in [1.807, 2.05) is 24.3 Å². The molecule has 0 aliphatic heterocycles. The Morgan fingerprint density at radius 1 is 1.39 bits per heavy atom. The highest BCUT2D eigenvalue weighted by Gasteiger charge is 2.08. The van der Waals surface area contributed by atoms with Crippen LogP contribution in [-0.2, 0) is 9.53 Å². The van der Waals surface area contributed by atoms with Crippen LogP contribution in [0.25, 0.3) is 0 Å². The van der Waals surface area contributed by atoms with Crippen LogP contribution < -0.4 is 10.5 Å². The van der Waals surface area contributed by atoms with Gasteiger partial charge >= 0.3 is 5.97 Å². The molecular formula is C13H19NO3S. The van der Waals surface area contributed by atoms with Gasteiger partial charge in [-0.05, 0) is 24.6 Å². The van der Waals surface area contributed by atoms with E-state index in [4.69, 9.17) is 15.2 Å². The van der Waals surface area contributed by atoms with Crippen molar-refractivity contribution >= 4 is 17.7 Å². The van der Waals surface area contributed by atoms with Crippen molar-refractivity contribution in [3.63, 3.8) is 0 Å². The summed E-state index contributed by atoms with van der Waals surface area (Å²) in [6, 6.07) is 7.55. The largest absolute Gasteiger partial charge is 0.497 e. The molecule has 0 aliphatic rings. The summed E-state index contributed by atoms with van der Waals surface area (Å²) in [5, 5.41) is 0. The minimum Gasteiger partial charge on any atom is -0.497 e. The summed E-state index contributed by atoms with van der Waals surface area (Å²) in [6.07, 6.45) is 0. The minimum absolute atomic E-state index is 0.0877. The van der Waals surface area contributed by atoms with Crippen LogP contribution in [0.5, 0.6) is 5.75 Å². The Kier molecular flexibility index (Phi) is 6.60. The molecule has 0 bridgehead atoms. The van der Waals surface area contributed by atoms with Crippen molar-refractivity contribution in [2.45, 2.75) is 13.0 Å². The SMILES string of the molecule is CCOC(=O)CSCC(N)c1ccc(OC)cc1. The molecule has 0 heterocycles. The van der Waals surface area contributed by atoms with E-state index in [0.717, 1.165) is 11.3 Å². The lowest BCUT2D eigenvalue weighted by Gasteiger charge is -2.12. The molecule has 0 aliphatic carbocycles. The first-order valence-electron chi connectivity index (χ1n) is 5.80. The highest BCUT2D eigenvalue weighted by Crippen LogP contribution is 2.19. The third-order valence-electron chi connectivity index (χ3n) is 2.37. The lowest BCUT2D eigenvalue weighted by molar-refractivity contribution is -0.139. The van der Waals surface area contributed by atoms with Gasteiger partial charge < -0.3 is 15.2 Å². The van der Waals surface area contributed by atoms with E-state index in [1.165, 1.54) is 11.8 Å². The molecule has 0 saturated heterocycles. The Labute approximate surface area is 112 Å². The fraction of sp³-hybridized carbons (Fsp3) is 0.462. The Hall–Kier alpha value is -1.20. The number of ether oxygens (including phenoxy) is 2. The number of benzene rings is 1. The average molecular weight is 269 g/mol. The molecule has 0 fully saturated rings. The van der Waals surface area contributed by atoms with E-state index in [2.05, 4.69) is 0 Å². The molecule has 18 heavy (non-hydrogen) atoms. The number of hydrogen-bond donors (Lipinski definition) is 1. The second-order valence-electron chi connectivity index (χ2n) is 3.70. The molecule has 1 unspecified atom stereocenters. The van der Waals surface area contributed by atoms with Gasteiger partial charge in [0, 0.05) is 11.8 Å². The maximum atomic E-state index is 11.1. The summed E-state index contributed by atoms with van der Waals surface area (Å²) >= 11 is 1.48. The van der Waals surface area contributed by atoms with Crippen molar-refractivity contribution in [1.29, 1.82) is 0 Å². The molecular weight excluding hydrogens is 250 g/mol. The summed E-state index contributed by atoms with van der Waals surface area (Å²) in [5.74, 6) is 1.65. The molecule has 1 aromatic rings. The molecule has 0 radical (unpaired) electrons. The van der Waals surface area contributed by atoms with Crippen LogP contribution in [0, 0.1) is 0 Å². The van der Waals surface area contributed by atoms with Crippen LogP contribution in [0.4, 0.5) is 0 Å². The zero-order valence-corrected chi connectivity index (χ0v) is 11.5. The normalized spacial score (nSPS) is 11.9. The van der Waals surface area contributed by atoms with Gasteiger partial charge in [0.1, 0.15) is 5.75 Å². The molecule has 0 amide bonds. The average Bonchev–Trinajstić information content (AvgIpc) is 2.39. The maximum Gasteiger partial charge on any atom is 0.315 e. The Morgan fingerprint density at radius 3 is 2.61 bits per heavy atom. The van der Waals surface area contributed by atoms with Gasteiger partial charge in [-0.25, -0.2) is 0 Å². The summed E-state index contributed by atoms with van der Waals surface area (Å²) < 4.78 is 9.92. The Balaban J connectivity index is 2.35. The summed E-state index contributed by atoms with van der Waals surface area (Å²) in [7, 11) is 1.63. The number of carbonyl (C=O) groups is 1. The van der Waals surface area contributed by atoms with E-state index in [0.29, 0.717) is 18.1 Å². The van der Waals surface area contributed by atoms with Gasteiger partial charge in [-0.15, -0.1) is 11.8 Å². The van der Waals surface area contributed by atoms with E-state index in [-0.39, 0.29) is 12.0 Å². The number of methoxy groups -OCH3 is 1. The smallest absolute Gasteiger partial charge is 0.315 e. The van der Waals surface area contributed by atoms with Gasteiger partial charge in [0.05, 0.1) is 19.5 Å². The lowest BCUT2D eigenvalue weighted by Crippen LogP contribution is -2.15. The standard InChI is InChI=1S/C13H19NO3S/c1-3-17-13(15)9-18-8-12(14)10-4-6-11(16-2)7-5-10/h4-7,12H,3,8-9,14H2,1-2H3. The highest BCUT2D eigenvalue weighted by atomic mass is 32.2. The van der Waals surface area contributed by atoms with E-state index in [1.54, 1.807) is 14.0 Å². The third kappa shape index (κ3) is 4.98. The molecule has 0 aromatic heterocycles. The summed E-state index contributed by atoms with van der Waals surface area (Å²) in [5.41, 5.74) is 7.07. The second-order valence-corrected chi connectivity index (χ2v) is 4.73. The quantitative estimate of drug-likeness (QED) is 0.767. The van der Waals surface area contributed by atoms with Crippen LogP contribution in [-0.4, -0.2) is 31.2 Å². The van der Waals surface area contributed by atoms with Crippen molar-refractivity contribution in [1.82, 2.24) is 0 Å². The number of nitrogens with two attached hydrogens (primary N) is 1. The van der Waals surface area contributed by atoms with Crippen molar-refractivity contribution in [3.8, 4) is 5.75 Å². The molecule has 1 aromatic carbocycles. The number of carbonyl (C=O) groups excluding carboxylic acids is 1. The molecule has 1 atom stereocenters. The first-order chi connectivity index (χ1) is 8.67. The Morgan fingerprint density at radius 2 is 2.06 bits per heavy atom. The Bertz CT molecular complexity index is 367. The van der Waals surface area contributed by atoms with Crippen LogP contribution >= 0.6 is 11.8 Å². The number of hydrogen-bond acceptors (Lipinski definition) is 5. The van der Waals surface area contributed by atoms with Crippen LogP contribution in [0.3, 0.4) is 0 Å². The zero-order chi connectivity index (χ0) is 13.4. The monoisotopic (exact) mass is 269 g/mol. The van der Waals surface area contributed by atoms with E-state index in [9.17, 15) is 4.79 Å². The van der Waals surface area contributed by atoms with Gasteiger partial charge in [-0.2, -0.15) is 0 Å². The van der Waals surface area contributed by atoms with Crippen molar-refractivity contribution < 1.29 is 14.3 Å². The van der Waals surface area contributed by atoms with E-state index < -0.39 is 0 Å². The topological polar surface area (TPSA) is 61.5 Å². The van der Waals surface area contributed by atoms with Gasteiger partial charge in [0.15, 0.2) is 0 Å². The fourth-order valence-corrected chi connectivity index (χ4v) is 2.23. The third-order valence-corrected chi connectivity index (χ3v) is 3.40. The molecule has 0 spiro atoms. The fourth-order valence-electron chi connectivity index (χ4n) is 1.42. The highest BCUT2D eigenvalue weighted by molar-refractivity contribution is 7.99. The van der Waals surface area contributed by atoms with Gasteiger partial charge in [0.25, 0.3) is 0 Å². The molecule has 2 N–H and O–H groups in total. The van der Waals surface area contributed by atoms with Crippen LogP contribution in [0.15, 0.2) is 24.3 Å². The molecule has 1 rings (SSSR count). The summed E-state index contributed by atoms with van der Waals surface area (Å²) in [6.45, 7) is 2.22. The van der Waals surface area contributed by atoms with Gasteiger partial charge in [-0.1, -0.05) is 12.1 Å². The first kappa shape index (κ1) is 14.9.